The summed E-state index contributed by atoms with van der Waals surface area (Å²) >= 11 is 0. The van der Waals surface area contributed by atoms with Crippen molar-refractivity contribution < 1.29 is 63.3 Å². The predicted molar refractivity (Wildman–Crippen MR) is 37.3 cm³/mol. The van der Waals surface area contributed by atoms with Crippen molar-refractivity contribution in [2.45, 2.75) is 0 Å². The molecule has 0 bridgehead atoms. The van der Waals surface area contributed by atoms with Gasteiger partial charge in [0.2, 0.25) is 0 Å². The summed E-state index contributed by atoms with van der Waals surface area (Å²) in [6.07, 6.45) is 0. The van der Waals surface area contributed by atoms with Crippen LogP contribution >= 0.6 is 15.6 Å². The fourth-order valence-electron chi connectivity index (χ4n) is 0. The van der Waals surface area contributed by atoms with E-state index in [0.29, 0.717) is 0 Å². The second-order valence-corrected chi connectivity index (χ2v) is 5.97. The van der Waals surface area contributed by atoms with Gasteiger partial charge >= 0.3 is 26.2 Å². The Morgan fingerprint density at radius 3 is 0.923 bits per heavy atom. The molecule has 0 saturated heterocycles. The molecule has 13 heavy (non-hydrogen) atoms. The van der Waals surface area contributed by atoms with Gasteiger partial charge in [0.1, 0.15) is 0 Å². The van der Waals surface area contributed by atoms with E-state index in [9.17, 15) is 28.7 Å². The zero-order valence-electron chi connectivity index (χ0n) is 6.66. The second kappa shape index (κ2) is 8.81. The average Bonchev–Trinajstić information content (AvgIpc) is 1.86. The predicted octanol–water partition coefficient (Wildman–Crippen LogP) is -5.78. The first-order valence-corrected chi connectivity index (χ1v) is 6.83. The van der Waals surface area contributed by atoms with Gasteiger partial charge in [-0.1, -0.05) is 0 Å². The molecule has 13 heteroatoms. The van der Waals surface area contributed by atoms with Crippen molar-refractivity contribution in [3.05, 3.63) is 0 Å². The molecule has 0 heterocycles. The molecule has 0 aliphatic carbocycles. The molecule has 0 aliphatic rings. The Labute approximate surface area is 99.7 Å². The summed E-state index contributed by atoms with van der Waals surface area (Å²) in [7, 11) is -9.25. The Bertz CT molecular complexity index is 170. The topological polar surface area (TPSA) is 145 Å². The monoisotopic (exact) mass is 342 g/mol. The van der Waals surface area contributed by atoms with E-state index in [4.69, 9.17) is 0 Å². The van der Waals surface area contributed by atoms with Crippen molar-refractivity contribution in [3.63, 3.8) is 0 Å². The summed E-state index contributed by atoms with van der Waals surface area (Å²) in [6, 6.07) is 0. The van der Waals surface area contributed by atoms with Crippen molar-refractivity contribution in [2.75, 3.05) is 0 Å². The molecule has 8 nitrogen and oxygen atoms in total. The van der Waals surface area contributed by atoms with Crippen LogP contribution in [0.25, 0.3) is 0 Å². The van der Waals surface area contributed by atoms with Crippen LogP contribution in [0.5, 0.6) is 0 Å². The molecule has 0 aliphatic heterocycles. The molecule has 0 radical (unpaired) electrons. The molecular weight excluding hydrogens is 337 g/mol. The molecule has 0 amide bonds. The van der Waals surface area contributed by atoms with E-state index < -0.39 is 15.6 Å². The van der Waals surface area contributed by atoms with Gasteiger partial charge in [-0.15, -0.1) is 0 Å². The van der Waals surface area contributed by atoms with Crippen LogP contribution in [-0.4, -0.2) is 21.0 Å². The van der Waals surface area contributed by atoms with Gasteiger partial charge in [-0.05, 0) is 0 Å². The number of hydrogen-bond donors (Lipinski definition) is 0. The van der Waals surface area contributed by atoms with E-state index >= 15 is 0 Å². The van der Waals surface area contributed by atoms with E-state index in [1.807, 2.05) is 0 Å². The summed E-state index contributed by atoms with van der Waals surface area (Å²) < 4.78 is 25.6. The Balaban J connectivity index is -0.000000143. The Morgan fingerprint density at radius 2 is 0.923 bits per heavy atom. The second-order valence-electron chi connectivity index (χ2n) is 1.26. The summed E-state index contributed by atoms with van der Waals surface area (Å²) in [6.45, 7) is 0. The van der Waals surface area contributed by atoms with Gasteiger partial charge in [-0.3, -0.25) is 0 Å². The molecule has 0 unspecified atom stereocenters. The third-order valence-corrected chi connectivity index (χ3v) is 4.02. The van der Waals surface area contributed by atoms with Gasteiger partial charge in [-0.2, -0.15) is 0 Å². The van der Waals surface area contributed by atoms with Crippen molar-refractivity contribution in [2.24, 2.45) is 0 Å². The van der Waals surface area contributed by atoms with Gasteiger partial charge in [0.25, 0.3) is 0 Å². The van der Waals surface area contributed by atoms with E-state index in [1.54, 1.807) is 0 Å². The Kier molecular flexibility index (Phi) is 13.6. The van der Waals surface area contributed by atoms with Gasteiger partial charge in [-0.25, -0.2) is 0 Å². The zero-order chi connectivity index (χ0) is 10.4. The van der Waals surface area contributed by atoms with Crippen LogP contribution in [0.2, 0.25) is 0 Å². The maximum Gasteiger partial charge on any atom is 4.00 e. The Hall–Kier alpha value is 1.54. The third-order valence-electron chi connectivity index (χ3n) is 0.447. The van der Waals surface area contributed by atoms with Gasteiger partial charge in [0.05, 0.1) is 0 Å². The van der Waals surface area contributed by atoms with Crippen molar-refractivity contribution in [3.8, 4) is 0 Å². The van der Waals surface area contributed by atoms with Crippen LogP contribution in [0.3, 0.4) is 0 Å². The molecule has 0 N–H and O–H groups in total. The van der Waals surface area contributed by atoms with E-state index in [2.05, 4.69) is 8.43 Å². The standard InChI is InChI=1S/2H5O4PSi.Zr/c2*1-5(2,3)4-6;/h2*6H3,(H2,1,2,3);/q;;+4/p-4. The Morgan fingerprint density at radius 1 is 0.846 bits per heavy atom. The number of phosphoric acid groups is 2. The molecular formula is H6O8P2Si2Zr. The average molecular weight is 343 g/mol. The maximum absolute atomic E-state index is 9.28. The molecule has 76 valence electrons. The summed E-state index contributed by atoms with van der Waals surface area (Å²) in [5, 5.41) is 0. The number of rotatable bonds is 2. The summed E-state index contributed by atoms with van der Waals surface area (Å²) in [4.78, 5) is 37.1. The SMILES string of the molecule is O=P([O-])([O-])O[SiH3].O=P([O-])([O-])O[SiH3].[Zr+4]. The van der Waals surface area contributed by atoms with E-state index in [0.717, 1.165) is 0 Å². The van der Waals surface area contributed by atoms with Crippen molar-refractivity contribution >= 4 is 36.6 Å². The van der Waals surface area contributed by atoms with Crippen LogP contribution in [0.15, 0.2) is 0 Å². The number of hydrogen-bond acceptors (Lipinski definition) is 8. The fraction of sp³-hybridized carbons (Fsp3) is 0. The third kappa shape index (κ3) is 31.7. The zero-order valence-corrected chi connectivity index (χ0v) is 14.9. The minimum atomic E-state index is -4.58. The summed E-state index contributed by atoms with van der Waals surface area (Å²) in [5.74, 6) is 0. The minimum Gasteiger partial charge on any atom is -0.791 e. The normalized spacial score (nSPS) is 11.4. The molecule has 0 atom stereocenters. The van der Waals surface area contributed by atoms with E-state index in [1.165, 1.54) is 0 Å². The molecule has 0 spiro atoms. The van der Waals surface area contributed by atoms with Gasteiger partial charge in [0.15, 0.2) is 21.0 Å². The van der Waals surface area contributed by atoms with Crippen LogP contribution in [0.1, 0.15) is 0 Å². The van der Waals surface area contributed by atoms with E-state index in [-0.39, 0.29) is 47.2 Å². The molecule has 0 aromatic heterocycles. The molecule has 0 aromatic carbocycles. The first-order valence-electron chi connectivity index (χ1n) is 2.28. The smallest absolute Gasteiger partial charge is 0.791 e. The molecule has 0 saturated carbocycles. The molecule has 0 rings (SSSR count). The summed E-state index contributed by atoms with van der Waals surface area (Å²) in [5.41, 5.74) is 0. The first-order chi connectivity index (χ1) is 5.12. The molecule has 0 fully saturated rings. The quantitative estimate of drug-likeness (QED) is 0.356. The van der Waals surface area contributed by atoms with Crippen LogP contribution in [0.4, 0.5) is 0 Å². The van der Waals surface area contributed by atoms with Crippen molar-refractivity contribution in [1.82, 2.24) is 0 Å². The largest absolute Gasteiger partial charge is 4.00 e. The van der Waals surface area contributed by atoms with Gasteiger partial charge in [0, 0.05) is 15.6 Å². The van der Waals surface area contributed by atoms with Crippen LogP contribution in [0, 0.1) is 0 Å². The van der Waals surface area contributed by atoms with Crippen LogP contribution in [-0.2, 0) is 43.8 Å². The van der Waals surface area contributed by atoms with Gasteiger partial charge < -0.3 is 37.1 Å². The maximum atomic E-state index is 9.28. The first kappa shape index (κ1) is 20.0. The van der Waals surface area contributed by atoms with Crippen LogP contribution < -0.4 is 19.6 Å². The molecule has 0 aromatic rings. The van der Waals surface area contributed by atoms with Crippen molar-refractivity contribution in [1.29, 1.82) is 0 Å². The minimum absolute atomic E-state index is 0. The fourth-order valence-corrected chi connectivity index (χ4v) is 0.